The summed E-state index contributed by atoms with van der Waals surface area (Å²) in [6.45, 7) is 2.69. The Morgan fingerprint density at radius 2 is 1.89 bits per heavy atom. The Labute approximate surface area is 112 Å². The number of ether oxygens (including phenoxy) is 1. The first-order valence-corrected chi connectivity index (χ1v) is 6.26. The molecule has 0 bridgehead atoms. The van der Waals surface area contributed by atoms with Gasteiger partial charge in [0.1, 0.15) is 5.75 Å². The van der Waals surface area contributed by atoms with E-state index >= 15 is 0 Å². The number of aliphatic carboxylic acids is 1. The van der Waals surface area contributed by atoms with E-state index in [1.165, 1.54) is 0 Å². The second-order valence-corrected chi connectivity index (χ2v) is 4.26. The SMILES string of the molecule is Cc1ccc(OCCC(=O)NCCCC(=O)O)cc1. The molecule has 104 valence electrons. The quantitative estimate of drug-likeness (QED) is 0.702. The number of nitrogens with one attached hydrogen (secondary N) is 1. The van der Waals surface area contributed by atoms with Crippen molar-refractivity contribution in [2.75, 3.05) is 13.2 Å². The number of rotatable bonds is 8. The summed E-state index contributed by atoms with van der Waals surface area (Å²) < 4.78 is 5.42. The number of carbonyl (C=O) groups excluding carboxylic acids is 1. The average molecular weight is 265 g/mol. The summed E-state index contributed by atoms with van der Waals surface area (Å²) in [6, 6.07) is 7.61. The van der Waals surface area contributed by atoms with E-state index in [-0.39, 0.29) is 18.7 Å². The van der Waals surface area contributed by atoms with Crippen molar-refractivity contribution in [2.24, 2.45) is 0 Å². The molecule has 1 rings (SSSR count). The third kappa shape index (κ3) is 7.08. The van der Waals surface area contributed by atoms with Crippen LogP contribution in [0.1, 0.15) is 24.8 Å². The van der Waals surface area contributed by atoms with Crippen molar-refractivity contribution in [3.8, 4) is 5.75 Å². The van der Waals surface area contributed by atoms with Crippen LogP contribution in [0.15, 0.2) is 24.3 Å². The maximum absolute atomic E-state index is 11.4. The molecule has 1 aromatic rings. The van der Waals surface area contributed by atoms with E-state index < -0.39 is 5.97 Å². The fourth-order valence-corrected chi connectivity index (χ4v) is 1.45. The lowest BCUT2D eigenvalue weighted by atomic mass is 10.2. The van der Waals surface area contributed by atoms with Crippen molar-refractivity contribution in [1.82, 2.24) is 5.32 Å². The van der Waals surface area contributed by atoms with Gasteiger partial charge in [0.2, 0.25) is 5.91 Å². The van der Waals surface area contributed by atoms with Crippen molar-refractivity contribution in [3.63, 3.8) is 0 Å². The average Bonchev–Trinajstić information content (AvgIpc) is 2.37. The van der Waals surface area contributed by atoms with Crippen molar-refractivity contribution < 1.29 is 19.4 Å². The minimum atomic E-state index is -0.850. The number of hydrogen-bond donors (Lipinski definition) is 2. The summed E-state index contributed by atoms with van der Waals surface area (Å²) >= 11 is 0. The predicted molar refractivity (Wildman–Crippen MR) is 71.2 cm³/mol. The number of aryl methyl sites for hydroxylation is 1. The molecule has 0 radical (unpaired) electrons. The van der Waals surface area contributed by atoms with Gasteiger partial charge in [-0.05, 0) is 25.5 Å². The van der Waals surface area contributed by atoms with Crippen LogP contribution in [0.5, 0.6) is 5.75 Å². The molecule has 0 aliphatic carbocycles. The minimum absolute atomic E-state index is 0.0696. The van der Waals surface area contributed by atoms with E-state index in [0.717, 1.165) is 11.3 Å². The first-order valence-electron chi connectivity index (χ1n) is 6.26. The molecule has 2 N–H and O–H groups in total. The van der Waals surface area contributed by atoms with E-state index in [9.17, 15) is 9.59 Å². The summed E-state index contributed by atoms with van der Waals surface area (Å²) in [5.74, 6) is -0.237. The molecule has 0 saturated heterocycles. The minimum Gasteiger partial charge on any atom is -0.493 e. The van der Waals surface area contributed by atoms with Crippen molar-refractivity contribution in [3.05, 3.63) is 29.8 Å². The van der Waals surface area contributed by atoms with E-state index in [2.05, 4.69) is 5.32 Å². The van der Waals surface area contributed by atoms with Crippen molar-refractivity contribution >= 4 is 11.9 Å². The highest BCUT2D eigenvalue weighted by molar-refractivity contribution is 5.76. The molecule has 5 heteroatoms. The second-order valence-electron chi connectivity index (χ2n) is 4.26. The zero-order valence-electron chi connectivity index (χ0n) is 11.0. The molecule has 19 heavy (non-hydrogen) atoms. The van der Waals surface area contributed by atoms with Crippen LogP contribution in [0.25, 0.3) is 0 Å². The summed E-state index contributed by atoms with van der Waals surface area (Å²) in [5, 5.41) is 11.1. The van der Waals surface area contributed by atoms with Crippen LogP contribution in [0.2, 0.25) is 0 Å². The maximum Gasteiger partial charge on any atom is 0.303 e. The Morgan fingerprint density at radius 3 is 2.53 bits per heavy atom. The van der Waals surface area contributed by atoms with Crippen molar-refractivity contribution in [2.45, 2.75) is 26.2 Å². The Morgan fingerprint density at radius 1 is 1.21 bits per heavy atom. The number of benzene rings is 1. The molecule has 0 heterocycles. The van der Waals surface area contributed by atoms with E-state index in [1.54, 1.807) is 0 Å². The Bertz CT molecular complexity index is 414. The van der Waals surface area contributed by atoms with Gasteiger partial charge < -0.3 is 15.2 Å². The van der Waals surface area contributed by atoms with Gasteiger partial charge in [-0.2, -0.15) is 0 Å². The van der Waals surface area contributed by atoms with Gasteiger partial charge in [0.15, 0.2) is 0 Å². The summed E-state index contributed by atoms with van der Waals surface area (Å²) in [4.78, 5) is 21.7. The fraction of sp³-hybridized carbons (Fsp3) is 0.429. The molecule has 0 aromatic heterocycles. The summed E-state index contributed by atoms with van der Waals surface area (Å²) in [7, 11) is 0. The monoisotopic (exact) mass is 265 g/mol. The van der Waals surface area contributed by atoms with Gasteiger partial charge in [0.25, 0.3) is 0 Å². The van der Waals surface area contributed by atoms with Gasteiger partial charge in [-0.25, -0.2) is 0 Å². The summed E-state index contributed by atoms with van der Waals surface area (Å²) in [5.41, 5.74) is 1.16. The number of carbonyl (C=O) groups is 2. The van der Waals surface area contributed by atoms with Gasteiger partial charge in [-0.1, -0.05) is 17.7 Å². The third-order valence-electron chi connectivity index (χ3n) is 2.51. The summed E-state index contributed by atoms with van der Waals surface area (Å²) in [6.07, 6.45) is 0.779. The van der Waals surface area contributed by atoms with E-state index in [4.69, 9.17) is 9.84 Å². The molecule has 0 saturated carbocycles. The molecule has 0 spiro atoms. The molecular formula is C14H19NO4. The number of amides is 1. The molecule has 0 atom stereocenters. The largest absolute Gasteiger partial charge is 0.493 e. The maximum atomic E-state index is 11.4. The lowest BCUT2D eigenvalue weighted by molar-refractivity contribution is -0.137. The fourth-order valence-electron chi connectivity index (χ4n) is 1.45. The molecule has 5 nitrogen and oxygen atoms in total. The van der Waals surface area contributed by atoms with Gasteiger partial charge in [0.05, 0.1) is 13.0 Å². The van der Waals surface area contributed by atoms with Crippen molar-refractivity contribution in [1.29, 1.82) is 0 Å². The van der Waals surface area contributed by atoms with Crippen LogP contribution in [0, 0.1) is 6.92 Å². The van der Waals surface area contributed by atoms with Crippen LogP contribution in [-0.4, -0.2) is 30.1 Å². The number of carboxylic acids is 1. The lowest BCUT2D eigenvalue weighted by Crippen LogP contribution is -2.26. The molecule has 0 aliphatic rings. The molecule has 0 fully saturated rings. The highest BCUT2D eigenvalue weighted by Gasteiger charge is 2.02. The smallest absolute Gasteiger partial charge is 0.303 e. The van der Waals surface area contributed by atoms with Gasteiger partial charge in [0, 0.05) is 13.0 Å². The van der Waals surface area contributed by atoms with Crippen LogP contribution in [-0.2, 0) is 9.59 Å². The predicted octanol–water partition coefficient (Wildman–Crippen LogP) is 1.74. The Kier molecular flexibility index (Phi) is 6.43. The molecule has 0 unspecified atom stereocenters. The zero-order valence-corrected chi connectivity index (χ0v) is 11.0. The normalized spacial score (nSPS) is 9.95. The molecule has 0 aliphatic heterocycles. The zero-order chi connectivity index (χ0) is 14.1. The molecule has 1 aromatic carbocycles. The Balaban J connectivity index is 2.10. The topological polar surface area (TPSA) is 75.6 Å². The Hall–Kier alpha value is -2.04. The standard InChI is InChI=1S/C14H19NO4/c1-11-4-6-12(7-5-11)19-10-8-13(16)15-9-2-3-14(17)18/h4-7H,2-3,8-10H2,1H3,(H,15,16)(H,17,18). The van der Waals surface area contributed by atoms with Gasteiger partial charge >= 0.3 is 5.97 Å². The number of carboxylic acid groups (broad SMARTS) is 1. The van der Waals surface area contributed by atoms with Crippen LogP contribution < -0.4 is 10.1 Å². The first-order chi connectivity index (χ1) is 9.08. The van der Waals surface area contributed by atoms with E-state index in [0.29, 0.717) is 19.6 Å². The van der Waals surface area contributed by atoms with Gasteiger partial charge in [-0.15, -0.1) is 0 Å². The van der Waals surface area contributed by atoms with Gasteiger partial charge in [-0.3, -0.25) is 9.59 Å². The van der Waals surface area contributed by atoms with E-state index in [1.807, 2.05) is 31.2 Å². The third-order valence-corrected chi connectivity index (χ3v) is 2.51. The number of hydrogen-bond acceptors (Lipinski definition) is 3. The second kappa shape index (κ2) is 8.13. The highest BCUT2D eigenvalue weighted by Crippen LogP contribution is 2.11. The molecule has 1 amide bonds. The molecular weight excluding hydrogens is 246 g/mol. The van der Waals surface area contributed by atoms with Crippen LogP contribution >= 0.6 is 0 Å². The highest BCUT2D eigenvalue weighted by atomic mass is 16.5. The lowest BCUT2D eigenvalue weighted by Gasteiger charge is -2.07. The first kappa shape index (κ1) is 15.0. The van der Waals surface area contributed by atoms with Crippen LogP contribution in [0.3, 0.4) is 0 Å². The van der Waals surface area contributed by atoms with Crippen LogP contribution in [0.4, 0.5) is 0 Å².